The molecule has 0 saturated heterocycles. The Balaban J connectivity index is 2.02. The molecule has 1 unspecified atom stereocenters. The van der Waals surface area contributed by atoms with Gasteiger partial charge in [0.05, 0.1) is 23.2 Å². The van der Waals surface area contributed by atoms with E-state index < -0.39 is 18.7 Å². The SMILES string of the molecule is OC(Cc1nc(-c2ccccc2)cs1)CC(F)(F)F. The molecule has 1 heterocycles. The van der Waals surface area contributed by atoms with E-state index in [1.807, 2.05) is 30.3 Å². The summed E-state index contributed by atoms with van der Waals surface area (Å²) in [7, 11) is 0. The van der Waals surface area contributed by atoms with Crippen LogP contribution in [0.2, 0.25) is 0 Å². The summed E-state index contributed by atoms with van der Waals surface area (Å²) in [5.41, 5.74) is 1.63. The van der Waals surface area contributed by atoms with E-state index in [4.69, 9.17) is 0 Å². The van der Waals surface area contributed by atoms with Gasteiger partial charge in [-0.1, -0.05) is 30.3 Å². The van der Waals surface area contributed by atoms with E-state index in [0.29, 0.717) is 5.01 Å². The van der Waals surface area contributed by atoms with Crippen LogP contribution in [0.1, 0.15) is 11.4 Å². The second-order valence-electron chi connectivity index (χ2n) is 4.17. The Morgan fingerprint density at radius 2 is 1.89 bits per heavy atom. The standard InChI is InChI=1S/C13H12F3NOS/c14-13(15,16)7-10(18)6-12-17-11(8-19-12)9-4-2-1-3-5-9/h1-5,8,10,18H,6-7H2. The summed E-state index contributed by atoms with van der Waals surface area (Å²) in [6, 6.07) is 9.37. The van der Waals surface area contributed by atoms with Gasteiger partial charge in [-0.2, -0.15) is 13.2 Å². The van der Waals surface area contributed by atoms with Crippen molar-refractivity contribution in [3.63, 3.8) is 0 Å². The lowest BCUT2D eigenvalue weighted by Gasteiger charge is -2.11. The molecule has 0 saturated carbocycles. The van der Waals surface area contributed by atoms with Gasteiger partial charge in [0.1, 0.15) is 0 Å². The Kier molecular flexibility index (Phi) is 4.21. The number of aliphatic hydroxyl groups is 1. The maximum absolute atomic E-state index is 12.1. The molecule has 102 valence electrons. The van der Waals surface area contributed by atoms with Crippen molar-refractivity contribution >= 4 is 11.3 Å². The molecule has 19 heavy (non-hydrogen) atoms. The number of aliphatic hydroxyl groups excluding tert-OH is 1. The first-order valence-electron chi connectivity index (χ1n) is 5.69. The smallest absolute Gasteiger partial charge is 0.391 e. The topological polar surface area (TPSA) is 33.1 Å². The molecule has 1 N–H and O–H groups in total. The second kappa shape index (κ2) is 5.71. The summed E-state index contributed by atoms with van der Waals surface area (Å²) in [4.78, 5) is 4.24. The van der Waals surface area contributed by atoms with Gasteiger partial charge < -0.3 is 5.11 Å². The fourth-order valence-corrected chi connectivity index (χ4v) is 2.56. The van der Waals surface area contributed by atoms with E-state index in [1.165, 1.54) is 11.3 Å². The molecule has 1 atom stereocenters. The number of hydrogen-bond acceptors (Lipinski definition) is 3. The van der Waals surface area contributed by atoms with Gasteiger partial charge in [-0.15, -0.1) is 11.3 Å². The molecule has 6 heteroatoms. The molecule has 2 aromatic rings. The normalized spacial score (nSPS) is 13.5. The van der Waals surface area contributed by atoms with Crippen LogP contribution in [0.15, 0.2) is 35.7 Å². The van der Waals surface area contributed by atoms with Crippen LogP contribution in [-0.2, 0) is 6.42 Å². The van der Waals surface area contributed by atoms with Crippen LogP contribution in [-0.4, -0.2) is 22.4 Å². The average molecular weight is 287 g/mol. The van der Waals surface area contributed by atoms with Crippen molar-refractivity contribution < 1.29 is 18.3 Å². The molecule has 0 aliphatic heterocycles. The first-order chi connectivity index (χ1) is 8.94. The van der Waals surface area contributed by atoms with Crippen LogP contribution in [0, 0.1) is 0 Å². The minimum atomic E-state index is -4.35. The molecule has 2 rings (SSSR count). The van der Waals surface area contributed by atoms with E-state index in [0.717, 1.165) is 11.3 Å². The number of hydrogen-bond donors (Lipinski definition) is 1. The van der Waals surface area contributed by atoms with Gasteiger partial charge in [-0.05, 0) is 0 Å². The van der Waals surface area contributed by atoms with Gasteiger partial charge in [0.15, 0.2) is 0 Å². The number of nitrogens with zero attached hydrogens (tertiary/aromatic N) is 1. The van der Waals surface area contributed by atoms with E-state index in [-0.39, 0.29) is 6.42 Å². The van der Waals surface area contributed by atoms with E-state index in [9.17, 15) is 18.3 Å². The lowest BCUT2D eigenvalue weighted by Crippen LogP contribution is -2.21. The molecule has 0 radical (unpaired) electrons. The zero-order valence-corrected chi connectivity index (χ0v) is 10.7. The highest BCUT2D eigenvalue weighted by molar-refractivity contribution is 7.09. The minimum absolute atomic E-state index is 0.0724. The van der Waals surface area contributed by atoms with Gasteiger partial charge in [0.25, 0.3) is 0 Å². The Bertz CT molecular complexity index is 524. The Morgan fingerprint density at radius 3 is 2.53 bits per heavy atom. The van der Waals surface area contributed by atoms with Crippen LogP contribution >= 0.6 is 11.3 Å². The Labute approximate surface area is 112 Å². The number of alkyl halides is 3. The summed E-state index contributed by atoms with van der Waals surface area (Å²) in [5, 5.41) is 11.7. The highest BCUT2D eigenvalue weighted by Gasteiger charge is 2.31. The van der Waals surface area contributed by atoms with Gasteiger partial charge in [-0.25, -0.2) is 4.98 Å². The molecule has 1 aromatic carbocycles. The molecule has 0 bridgehead atoms. The number of rotatable bonds is 4. The highest BCUT2D eigenvalue weighted by atomic mass is 32.1. The third-order valence-corrected chi connectivity index (χ3v) is 3.37. The fourth-order valence-electron chi connectivity index (χ4n) is 1.69. The van der Waals surface area contributed by atoms with E-state index in [1.54, 1.807) is 5.38 Å². The van der Waals surface area contributed by atoms with Crippen molar-refractivity contribution in [3.05, 3.63) is 40.7 Å². The van der Waals surface area contributed by atoms with Crippen LogP contribution in [0.25, 0.3) is 11.3 Å². The van der Waals surface area contributed by atoms with Crippen molar-refractivity contribution in [2.75, 3.05) is 0 Å². The van der Waals surface area contributed by atoms with Gasteiger partial charge in [0.2, 0.25) is 0 Å². The number of halogens is 3. The summed E-state index contributed by atoms with van der Waals surface area (Å²) in [6.45, 7) is 0. The second-order valence-corrected chi connectivity index (χ2v) is 5.11. The number of benzene rings is 1. The van der Waals surface area contributed by atoms with Gasteiger partial charge >= 0.3 is 6.18 Å². The van der Waals surface area contributed by atoms with Crippen LogP contribution in [0.3, 0.4) is 0 Å². The Hall–Kier alpha value is -1.40. The number of thiazole rings is 1. The number of aromatic nitrogens is 1. The van der Waals surface area contributed by atoms with Crippen molar-refractivity contribution in [3.8, 4) is 11.3 Å². The van der Waals surface area contributed by atoms with Crippen molar-refractivity contribution in [1.29, 1.82) is 0 Å². The quantitative estimate of drug-likeness (QED) is 0.930. The maximum atomic E-state index is 12.1. The minimum Gasteiger partial charge on any atom is -0.392 e. The van der Waals surface area contributed by atoms with E-state index in [2.05, 4.69) is 4.98 Å². The van der Waals surface area contributed by atoms with Crippen molar-refractivity contribution in [1.82, 2.24) is 4.98 Å². The largest absolute Gasteiger partial charge is 0.392 e. The molecule has 0 spiro atoms. The van der Waals surface area contributed by atoms with Crippen molar-refractivity contribution in [2.24, 2.45) is 0 Å². The molecule has 0 aliphatic rings. The van der Waals surface area contributed by atoms with Crippen LogP contribution in [0.5, 0.6) is 0 Å². The van der Waals surface area contributed by atoms with Crippen LogP contribution < -0.4 is 0 Å². The molecule has 0 fully saturated rings. The fraction of sp³-hybridized carbons (Fsp3) is 0.308. The predicted octanol–water partition coefficient (Wildman–Crippen LogP) is 3.67. The molecule has 1 aromatic heterocycles. The first-order valence-corrected chi connectivity index (χ1v) is 6.56. The van der Waals surface area contributed by atoms with Crippen LogP contribution in [0.4, 0.5) is 13.2 Å². The molecule has 2 nitrogen and oxygen atoms in total. The first kappa shape index (κ1) is 14.0. The summed E-state index contributed by atoms with van der Waals surface area (Å²) in [6.07, 6.45) is -7.06. The maximum Gasteiger partial charge on any atom is 0.391 e. The van der Waals surface area contributed by atoms with Crippen molar-refractivity contribution in [2.45, 2.75) is 25.1 Å². The predicted molar refractivity (Wildman–Crippen MR) is 67.9 cm³/mol. The van der Waals surface area contributed by atoms with Gasteiger partial charge in [-0.3, -0.25) is 0 Å². The zero-order valence-electron chi connectivity index (χ0n) is 9.89. The Morgan fingerprint density at radius 1 is 1.21 bits per heavy atom. The molecular weight excluding hydrogens is 275 g/mol. The monoisotopic (exact) mass is 287 g/mol. The summed E-state index contributed by atoms with van der Waals surface area (Å²) >= 11 is 1.26. The van der Waals surface area contributed by atoms with Gasteiger partial charge in [0, 0.05) is 17.4 Å². The molecule has 0 amide bonds. The third kappa shape index (κ3) is 4.33. The molecule has 0 aliphatic carbocycles. The summed E-state index contributed by atoms with van der Waals surface area (Å²) in [5.74, 6) is 0. The molecular formula is C13H12F3NOS. The van der Waals surface area contributed by atoms with E-state index >= 15 is 0 Å². The lowest BCUT2D eigenvalue weighted by atomic mass is 10.1. The highest BCUT2D eigenvalue weighted by Crippen LogP contribution is 2.26. The average Bonchev–Trinajstić information content (AvgIpc) is 2.76. The lowest BCUT2D eigenvalue weighted by molar-refractivity contribution is -0.153. The zero-order chi connectivity index (χ0) is 13.9. The third-order valence-electron chi connectivity index (χ3n) is 2.50. The summed E-state index contributed by atoms with van der Waals surface area (Å²) < 4.78 is 36.3.